The molecular weight excluding hydrogens is 447 g/mol. The summed E-state index contributed by atoms with van der Waals surface area (Å²) in [4.78, 5) is 13.2. The van der Waals surface area contributed by atoms with Crippen LogP contribution in [-0.4, -0.2) is 57.7 Å². The van der Waals surface area contributed by atoms with Crippen LogP contribution >= 0.6 is 0 Å². The Morgan fingerprint density at radius 3 is 2.25 bits per heavy atom. The molecular formula is C21H25F3N3O4S+. The van der Waals surface area contributed by atoms with E-state index in [2.05, 4.69) is 10.1 Å². The molecule has 0 aliphatic carbocycles. The van der Waals surface area contributed by atoms with Crippen LogP contribution in [0.4, 0.5) is 18.9 Å². The highest BCUT2D eigenvalue weighted by atomic mass is 32.2. The number of benzene rings is 2. The zero-order chi connectivity index (χ0) is 23.5. The standard InChI is InChI=1S/C21H24F3N3O4S/c1-15-3-4-17(13-16(15)2)25-20(28)14-26-9-11-27(12-10-26)32(29,30)19-7-5-18(6-8-19)31-21(22,23)24/h3-8,13H,9-12,14H2,1-2H3,(H,25,28)/p+1. The molecule has 0 aromatic heterocycles. The van der Waals surface area contributed by atoms with Crippen molar-refractivity contribution in [2.45, 2.75) is 25.1 Å². The third-order valence-corrected chi connectivity index (χ3v) is 7.24. The molecule has 1 fully saturated rings. The summed E-state index contributed by atoms with van der Waals surface area (Å²) in [7, 11) is -3.85. The number of anilines is 1. The highest BCUT2D eigenvalue weighted by Gasteiger charge is 2.33. The third-order valence-electron chi connectivity index (χ3n) is 5.33. The maximum absolute atomic E-state index is 12.8. The lowest BCUT2D eigenvalue weighted by Crippen LogP contribution is -3.15. The minimum atomic E-state index is -4.84. The summed E-state index contributed by atoms with van der Waals surface area (Å²) >= 11 is 0. The fourth-order valence-electron chi connectivity index (χ4n) is 3.43. The van der Waals surface area contributed by atoms with Gasteiger partial charge in [-0.2, -0.15) is 4.31 Å². The molecule has 2 aromatic carbocycles. The Labute approximate surface area is 184 Å². The van der Waals surface area contributed by atoms with Gasteiger partial charge >= 0.3 is 6.36 Å². The molecule has 0 bridgehead atoms. The van der Waals surface area contributed by atoms with Crippen molar-refractivity contribution >= 4 is 21.6 Å². The predicted molar refractivity (Wildman–Crippen MR) is 112 cm³/mol. The van der Waals surface area contributed by atoms with Crippen LogP contribution in [0.3, 0.4) is 0 Å². The molecule has 0 spiro atoms. The quantitative estimate of drug-likeness (QED) is 0.671. The molecule has 0 unspecified atom stereocenters. The Balaban J connectivity index is 1.54. The molecule has 3 rings (SSSR count). The van der Waals surface area contributed by atoms with Crippen molar-refractivity contribution in [2.24, 2.45) is 0 Å². The van der Waals surface area contributed by atoms with Crippen molar-refractivity contribution in [3.63, 3.8) is 0 Å². The topological polar surface area (TPSA) is 80.2 Å². The SMILES string of the molecule is Cc1ccc(NC(=O)C[NH+]2CCN(S(=O)(=O)c3ccc(OC(F)(F)F)cc3)CC2)cc1C. The van der Waals surface area contributed by atoms with Crippen LogP contribution in [0, 0.1) is 13.8 Å². The van der Waals surface area contributed by atoms with Gasteiger partial charge in [0.1, 0.15) is 5.75 Å². The summed E-state index contributed by atoms with van der Waals surface area (Å²) < 4.78 is 67.4. The second-order valence-corrected chi connectivity index (χ2v) is 9.64. The maximum Gasteiger partial charge on any atom is 0.573 e. The van der Waals surface area contributed by atoms with Gasteiger partial charge in [0.25, 0.3) is 5.91 Å². The fourth-order valence-corrected chi connectivity index (χ4v) is 4.87. The van der Waals surface area contributed by atoms with Gasteiger partial charge in [-0.3, -0.25) is 4.79 Å². The summed E-state index contributed by atoms with van der Waals surface area (Å²) in [6, 6.07) is 9.80. The van der Waals surface area contributed by atoms with E-state index in [4.69, 9.17) is 0 Å². The van der Waals surface area contributed by atoms with Gasteiger partial charge in [-0.15, -0.1) is 13.2 Å². The molecule has 1 aliphatic rings. The minimum absolute atomic E-state index is 0.108. The number of sulfonamides is 1. The summed E-state index contributed by atoms with van der Waals surface area (Å²) in [5.41, 5.74) is 2.93. The molecule has 0 saturated carbocycles. The molecule has 1 saturated heterocycles. The van der Waals surface area contributed by atoms with E-state index in [0.29, 0.717) is 13.1 Å². The van der Waals surface area contributed by atoms with Crippen LogP contribution in [0.2, 0.25) is 0 Å². The number of hydrogen-bond donors (Lipinski definition) is 2. The first-order chi connectivity index (χ1) is 14.9. The van der Waals surface area contributed by atoms with Crippen molar-refractivity contribution in [2.75, 3.05) is 38.0 Å². The molecule has 32 heavy (non-hydrogen) atoms. The van der Waals surface area contributed by atoms with Crippen molar-refractivity contribution < 1.29 is 36.0 Å². The lowest BCUT2D eigenvalue weighted by Gasteiger charge is -2.31. The Bertz CT molecular complexity index is 1060. The van der Waals surface area contributed by atoms with Gasteiger partial charge in [0.2, 0.25) is 10.0 Å². The molecule has 0 atom stereocenters. The minimum Gasteiger partial charge on any atom is -0.406 e. The zero-order valence-corrected chi connectivity index (χ0v) is 18.5. The molecule has 7 nitrogen and oxygen atoms in total. The summed E-state index contributed by atoms with van der Waals surface area (Å²) in [6.07, 6.45) is -4.84. The highest BCUT2D eigenvalue weighted by molar-refractivity contribution is 7.89. The molecule has 11 heteroatoms. The normalized spacial score (nSPS) is 16.0. The molecule has 1 heterocycles. The van der Waals surface area contributed by atoms with E-state index in [-0.39, 0.29) is 30.4 Å². The van der Waals surface area contributed by atoms with Crippen molar-refractivity contribution in [1.29, 1.82) is 0 Å². The predicted octanol–water partition coefficient (Wildman–Crippen LogP) is 1.73. The number of amides is 1. The largest absolute Gasteiger partial charge is 0.573 e. The lowest BCUT2D eigenvalue weighted by molar-refractivity contribution is -0.895. The van der Waals surface area contributed by atoms with Gasteiger partial charge in [-0.05, 0) is 61.4 Å². The van der Waals surface area contributed by atoms with Crippen molar-refractivity contribution in [3.05, 3.63) is 53.6 Å². The Hall–Kier alpha value is -2.63. The number of aryl methyl sites for hydroxylation is 2. The average molecular weight is 473 g/mol. The number of piperazine rings is 1. The third kappa shape index (κ3) is 6.21. The fraction of sp³-hybridized carbons (Fsp3) is 0.381. The number of halogens is 3. The number of nitrogens with one attached hydrogen (secondary N) is 2. The van der Waals surface area contributed by atoms with E-state index in [1.807, 2.05) is 32.0 Å². The zero-order valence-electron chi connectivity index (χ0n) is 17.7. The first-order valence-corrected chi connectivity index (χ1v) is 11.4. The van der Waals surface area contributed by atoms with E-state index >= 15 is 0 Å². The Kier molecular flexibility index (Phi) is 7.11. The van der Waals surface area contributed by atoms with E-state index in [1.165, 1.54) is 4.31 Å². The van der Waals surface area contributed by atoms with Crippen LogP contribution in [0.15, 0.2) is 47.4 Å². The number of carbonyl (C=O) groups is 1. The number of hydrogen-bond acceptors (Lipinski definition) is 4. The van der Waals surface area contributed by atoms with E-state index in [1.54, 1.807) is 0 Å². The maximum atomic E-state index is 12.8. The number of alkyl halides is 3. The molecule has 1 aliphatic heterocycles. The average Bonchev–Trinajstić information content (AvgIpc) is 2.70. The Morgan fingerprint density at radius 2 is 1.69 bits per heavy atom. The van der Waals surface area contributed by atoms with Crippen LogP contribution in [0.5, 0.6) is 5.75 Å². The second-order valence-electron chi connectivity index (χ2n) is 7.70. The summed E-state index contributed by atoms with van der Waals surface area (Å²) in [6.45, 7) is 5.45. The molecule has 0 radical (unpaired) electrons. The smallest absolute Gasteiger partial charge is 0.406 e. The van der Waals surface area contributed by atoms with Crippen molar-refractivity contribution in [1.82, 2.24) is 4.31 Å². The first kappa shape index (κ1) is 24.0. The van der Waals surface area contributed by atoms with E-state index in [0.717, 1.165) is 46.0 Å². The van der Waals surface area contributed by atoms with Gasteiger partial charge in [0.15, 0.2) is 6.54 Å². The summed E-state index contributed by atoms with van der Waals surface area (Å²) in [5.74, 6) is -0.639. The van der Waals surface area contributed by atoms with E-state index < -0.39 is 22.1 Å². The molecule has 174 valence electrons. The summed E-state index contributed by atoms with van der Waals surface area (Å²) in [5, 5.41) is 2.86. The van der Waals surface area contributed by atoms with Crippen LogP contribution in [-0.2, 0) is 14.8 Å². The van der Waals surface area contributed by atoms with Gasteiger partial charge in [-0.1, -0.05) is 6.07 Å². The van der Waals surface area contributed by atoms with Gasteiger partial charge in [-0.25, -0.2) is 8.42 Å². The first-order valence-electron chi connectivity index (χ1n) is 10.0. The van der Waals surface area contributed by atoms with Crippen molar-refractivity contribution in [3.8, 4) is 5.75 Å². The second kappa shape index (κ2) is 9.47. The number of quaternary nitrogens is 1. The van der Waals surface area contributed by atoms with Crippen LogP contribution in [0.1, 0.15) is 11.1 Å². The van der Waals surface area contributed by atoms with Crippen LogP contribution < -0.4 is 15.0 Å². The van der Waals surface area contributed by atoms with Gasteiger partial charge < -0.3 is 15.0 Å². The Morgan fingerprint density at radius 1 is 1.06 bits per heavy atom. The number of ether oxygens (including phenoxy) is 1. The number of carbonyl (C=O) groups excluding carboxylic acids is 1. The number of nitrogens with zero attached hydrogens (tertiary/aromatic N) is 1. The molecule has 2 N–H and O–H groups in total. The molecule has 2 aromatic rings. The lowest BCUT2D eigenvalue weighted by atomic mass is 10.1. The van der Waals surface area contributed by atoms with Gasteiger partial charge in [0.05, 0.1) is 31.1 Å². The van der Waals surface area contributed by atoms with E-state index in [9.17, 15) is 26.4 Å². The van der Waals surface area contributed by atoms with Gasteiger partial charge in [0, 0.05) is 5.69 Å². The molecule has 1 amide bonds. The van der Waals surface area contributed by atoms with Crippen LogP contribution in [0.25, 0.3) is 0 Å². The monoisotopic (exact) mass is 472 g/mol. The number of rotatable bonds is 6. The highest BCUT2D eigenvalue weighted by Crippen LogP contribution is 2.25.